The van der Waals surface area contributed by atoms with Gasteiger partial charge >= 0.3 is 0 Å². The Morgan fingerprint density at radius 3 is 2.70 bits per heavy atom. The second-order valence-corrected chi connectivity index (χ2v) is 7.38. The summed E-state index contributed by atoms with van der Waals surface area (Å²) in [7, 11) is 1.57. The molecule has 0 saturated carbocycles. The molecule has 1 N–H and O–H groups in total. The molecule has 0 aliphatic rings. The van der Waals surface area contributed by atoms with Gasteiger partial charge in [-0.25, -0.2) is 4.98 Å². The van der Waals surface area contributed by atoms with E-state index in [2.05, 4.69) is 34.3 Å². The maximum atomic E-state index is 12.5. The topological polar surface area (TPSA) is 63.7 Å². The SMILES string of the molecule is CCN(CCCNC(=O)c1ccc(OCc2cscn2)c(OC)c1)c1ccccc1. The van der Waals surface area contributed by atoms with E-state index in [0.29, 0.717) is 30.2 Å². The van der Waals surface area contributed by atoms with E-state index < -0.39 is 0 Å². The number of hydrogen-bond acceptors (Lipinski definition) is 6. The van der Waals surface area contributed by atoms with Gasteiger partial charge in [0.25, 0.3) is 5.91 Å². The normalized spacial score (nSPS) is 10.5. The van der Waals surface area contributed by atoms with Gasteiger partial charge in [-0.3, -0.25) is 4.79 Å². The number of anilines is 1. The Morgan fingerprint density at radius 1 is 1.17 bits per heavy atom. The summed E-state index contributed by atoms with van der Waals surface area (Å²) in [5.41, 5.74) is 4.37. The monoisotopic (exact) mass is 425 g/mol. The Labute approximate surface area is 181 Å². The summed E-state index contributed by atoms with van der Waals surface area (Å²) in [6, 6.07) is 15.5. The van der Waals surface area contributed by atoms with E-state index in [1.807, 2.05) is 23.6 Å². The molecule has 6 nitrogen and oxygen atoms in total. The van der Waals surface area contributed by atoms with Crippen LogP contribution in [0.25, 0.3) is 0 Å². The molecule has 1 heterocycles. The Kier molecular flexibility index (Phi) is 8.09. The van der Waals surface area contributed by atoms with Crippen molar-refractivity contribution in [2.24, 2.45) is 0 Å². The van der Waals surface area contributed by atoms with E-state index >= 15 is 0 Å². The Balaban J connectivity index is 1.49. The van der Waals surface area contributed by atoms with E-state index in [1.54, 1.807) is 30.8 Å². The summed E-state index contributed by atoms with van der Waals surface area (Å²) in [6.07, 6.45) is 0.862. The van der Waals surface area contributed by atoms with Crippen LogP contribution in [0.2, 0.25) is 0 Å². The number of rotatable bonds is 11. The molecule has 0 fully saturated rings. The highest BCUT2D eigenvalue weighted by Gasteiger charge is 2.12. The molecular weight excluding hydrogens is 398 g/mol. The van der Waals surface area contributed by atoms with E-state index in [1.165, 1.54) is 17.0 Å². The van der Waals surface area contributed by atoms with Crippen molar-refractivity contribution in [3.8, 4) is 11.5 Å². The average molecular weight is 426 g/mol. The van der Waals surface area contributed by atoms with Crippen molar-refractivity contribution in [3.63, 3.8) is 0 Å². The smallest absolute Gasteiger partial charge is 0.251 e. The number of para-hydroxylation sites is 1. The number of amides is 1. The maximum Gasteiger partial charge on any atom is 0.251 e. The largest absolute Gasteiger partial charge is 0.493 e. The van der Waals surface area contributed by atoms with Gasteiger partial charge < -0.3 is 19.7 Å². The summed E-state index contributed by atoms with van der Waals surface area (Å²) in [5, 5.41) is 4.92. The molecular formula is C23H27N3O3S. The molecule has 0 radical (unpaired) electrons. The zero-order chi connectivity index (χ0) is 21.2. The number of nitrogens with zero attached hydrogens (tertiary/aromatic N) is 2. The van der Waals surface area contributed by atoms with Crippen LogP contribution < -0.4 is 19.7 Å². The van der Waals surface area contributed by atoms with Crippen LogP contribution in [0.15, 0.2) is 59.4 Å². The first-order chi connectivity index (χ1) is 14.7. The summed E-state index contributed by atoms with van der Waals surface area (Å²) in [5.74, 6) is 0.990. The molecule has 0 atom stereocenters. The molecule has 3 aromatic rings. The highest BCUT2D eigenvalue weighted by Crippen LogP contribution is 2.28. The number of thiazole rings is 1. The van der Waals surface area contributed by atoms with Crippen LogP contribution in [0.5, 0.6) is 11.5 Å². The van der Waals surface area contributed by atoms with E-state index in [0.717, 1.165) is 25.2 Å². The lowest BCUT2D eigenvalue weighted by molar-refractivity contribution is 0.0953. The number of nitrogens with one attached hydrogen (secondary N) is 1. The zero-order valence-electron chi connectivity index (χ0n) is 17.3. The fourth-order valence-electron chi connectivity index (χ4n) is 3.07. The predicted molar refractivity (Wildman–Crippen MR) is 121 cm³/mol. The van der Waals surface area contributed by atoms with Crippen LogP contribution in [0.3, 0.4) is 0 Å². The highest BCUT2D eigenvalue weighted by atomic mass is 32.1. The van der Waals surface area contributed by atoms with Gasteiger partial charge in [0.05, 0.1) is 18.3 Å². The summed E-state index contributed by atoms with van der Waals surface area (Å²) < 4.78 is 11.2. The molecule has 30 heavy (non-hydrogen) atoms. The van der Waals surface area contributed by atoms with E-state index in [4.69, 9.17) is 9.47 Å². The standard InChI is InChI=1S/C23H27N3O3S/c1-3-26(20-8-5-4-6-9-20)13-7-12-24-23(27)18-10-11-21(22(14-18)28-2)29-15-19-16-30-17-25-19/h4-6,8-11,14,16-17H,3,7,12-13,15H2,1-2H3,(H,24,27). The number of aromatic nitrogens is 1. The lowest BCUT2D eigenvalue weighted by Crippen LogP contribution is -2.30. The molecule has 1 amide bonds. The van der Waals surface area contributed by atoms with Crippen molar-refractivity contribution in [3.05, 3.63) is 70.7 Å². The van der Waals surface area contributed by atoms with Crippen molar-refractivity contribution < 1.29 is 14.3 Å². The Bertz CT molecular complexity index is 917. The maximum absolute atomic E-state index is 12.5. The number of hydrogen-bond donors (Lipinski definition) is 1. The first-order valence-electron chi connectivity index (χ1n) is 9.97. The fourth-order valence-corrected chi connectivity index (χ4v) is 3.61. The second-order valence-electron chi connectivity index (χ2n) is 6.66. The summed E-state index contributed by atoms with van der Waals surface area (Å²) in [6.45, 7) is 4.91. The van der Waals surface area contributed by atoms with Crippen LogP contribution >= 0.6 is 11.3 Å². The van der Waals surface area contributed by atoms with Gasteiger partial charge in [0.15, 0.2) is 11.5 Å². The molecule has 0 spiro atoms. The third-order valence-electron chi connectivity index (χ3n) is 4.68. The van der Waals surface area contributed by atoms with Crippen LogP contribution in [-0.4, -0.2) is 37.6 Å². The number of ether oxygens (including phenoxy) is 2. The Hall–Kier alpha value is -3.06. The van der Waals surface area contributed by atoms with E-state index in [-0.39, 0.29) is 5.91 Å². The van der Waals surface area contributed by atoms with Crippen molar-refractivity contribution in [1.82, 2.24) is 10.3 Å². The van der Waals surface area contributed by atoms with Gasteiger partial charge in [-0.1, -0.05) is 18.2 Å². The molecule has 0 unspecified atom stereocenters. The first kappa shape index (κ1) is 21.6. The van der Waals surface area contributed by atoms with Crippen molar-refractivity contribution >= 4 is 22.9 Å². The van der Waals surface area contributed by atoms with Gasteiger partial charge in [0.1, 0.15) is 6.61 Å². The lowest BCUT2D eigenvalue weighted by atomic mass is 10.2. The number of carbonyl (C=O) groups excluding carboxylic acids is 1. The molecule has 0 bridgehead atoms. The molecule has 0 aliphatic carbocycles. The van der Waals surface area contributed by atoms with Gasteiger partial charge in [0.2, 0.25) is 0 Å². The minimum atomic E-state index is -0.123. The predicted octanol–water partition coefficient (Wildman–Crippen LogP) is 4.38. The van der Waals surface area contributed by atoms with Gasteiger partial charge in [-0.15, -0.1) is 11.3 Å². The molecule has 3 rings (SSSR count). The molecule has 158 valence electrons. The highest BCUT2D eigenvalue weighted by molar-refractivity contribution is 7.07. The fraction of sp³-hybridized carbons (Fsp3) is 0.304. The first-order valence-corrected chi connectivity index (χ1v) is 10.9. The molecule has 1 aromatic heterocycles. The van der Waals surface area contributed by atoms with Crippen LogP contribution in [0.4, 0.5) is 5.69 Å². The number of methoxy groups -OCH3 is 1. The molecule has 0 aliphatic heterocycles. The Morgan fingerprint density at radius 2 is 2.00 bits per heavy atom. The minimum absolute atomic E-state index is 0.123. The van der Waals surface area contributed by atoms with Gasteiger partial charge in [-0.2, -0.15) is 0 Å². The minimum Gasteiger partial charge on any atom is -0.493 e. The van der Waals surface area contributed by atoms with Crippen LogP contribution in [0.1, 0.15) is 29.4 Å². The van der Waals surface area contributed by atoms with Crippen molar-refractivity contribution in [2.75, 3.05) is 31.6 Å². The van der Waals surface area contributed by atoms with Crippen LogP contribution in [0, 0.1) is 0 Å². The zero-order valence-corrected chi connectivity index (χ0v) is 18.2. The lowest BCUT2D eigenvalue weighted by Gasteiger charge is -2.23. The average Bonchev–Trinajstić information content (AvgIpc) is 3.31. The molecule has 0 saturated heterocycles. The van der Waals surface area contributed by atoms with Gasteiger partial charge in [0, 0.05) is 36.3 Å². The second kappa shape index (κ2) is 11.2. The molecule has 7 heteroatoms. The third-order valence-corrected chi connectivity index (χ3v) is 5.31. The van der Waals surface area contributed by atoms with Crippen LogP contribution in [-0.2, 0) is 6.61 Å². The third kappa shape index (κ3) is 5.97. The number of benzene rings is 2. The van der Waals surface area contributed by atoms with Gasteiger partial charge in [-0.05, 0) is 43.7 Å². The summed E-state index contributed by atoms with van der Waals surface area (Å²) >= 11 is 1.52. The van der Waals surface area contributed by atoms with E-state index in [9.17, 15) is 4.79 Å². The number of carbonyl (C=O) groups is 1. The van der Waals surface area contributed by atoms with Crippen molar-refractivity contribution in [2.45, 2.75) is 20.0 Å². The quantitative estimate of drug-likeness (QED) is 0.462. The molecule has 2 aromatic carbocycles. The summed E-state index contributed by atoms with van der Waals surface area (Å²) in [4.78, 5) is 19.0. The van der Waals surface area contributed by atoms with Crippen molar-refractivity contribution in [1.29, 1.82) is 0 Å².